The smallest absolute Gasteiger partial charge is 0.325 e. The molecule has 0 aromatic heterocycles. The van der Waals surface area contributed by atoms with Crippen LogP contribution < -0.4 is 5.32 Å². The molecule has 2 aromatic carbocycles. The first-order chi connectivity index (χ1) is 11.7. The van der Waals surface area contributed by atoms with E-state index in [0.717, 1.165) is 6.07 Å². The van der Waals surface area contributed by atoms with Crippen molar-refractivity contribution in [2.75, 3.05) is 12.4 Å². The molecule has 0 bridgehead atoms. The summed E-state index contributed by atoms with van der Waals surface area (Å²) in [6.07, 6.45) is -4.38. The van der Waals surface area contributed by atoms with E-state index in [2.05, 4.69) is 5.32 Å². The molecule has 0 saturated heterocycles. The molecule has 2 amide bonds. The highest BCUT2D eigenvalue weighted by Gasteiger charge is 2.33. The van der Waals surface area contributed by atoms with Crippen molar-refractivity contribution in [3.8, 4) is 0 Å². The highest BCUT2D eigenvalue weighted by Crippen LogP contribution is 2.32. The summed E-state index contributed by atoms with van der Waals surface area (Å²) in [4.78, 5) is 13.5. The lowest BCUT2D eigenvalue weighted by molar-refractivity contribution is -0.138. The number of nitrogens with one attached hydrogen (secondary N) is 1. The van der Waals surface area contributed by atoms with Gasteiger partial charge in [-0.2, -0.15) is 13.2 Å². The molecule has 0 fully saturated rings. The van der Waals surface area contributed by atoms with E-state index >= 15 is 0 Å². The number of anilines is 1. The molecule has 25 heavy (non-hydrogen) atoms. The van der Waals surface area contributed by atoms with Gasteiger partial charge < -0.3 is 10.2 Å². The average molecular weight is 354 g/mol. The number of amides is 2. The Labute approximate surface area is 143 Å². The molecule has 1 unspecified atom stereocenters. The minimum Gasteiger partial charge on any atom is -0.325 e. The molecule has 0 spiro atoms. The standard InChI is InChI=1S/C18H18F4N2O/c1-12(11-13-5-3-4-6-16(13)18(20,21)22)24(2)17(25)23-15-9-7-14(19)8-10-15/h3-10,12H,11H2,1-2H3,(H,23,25). The van der Waals surface area contributed by atoms with E-state index < -0.39 is 29.6 Å². The molecule has 0 radical (unpaired) electrons. The zero-order valence-electron chi connectivity index (χ0n) is 13.8. The Morgan fingerprint density at radius 2 is 1.72 bits per heavy atom. The first-order valence-corrected chi connectivity index (χ1v) is 7.63. The van der Waals surface area contributed by atoms with E-state index in [0.29, 0.717) is 5.69 Å². The van der Waals surface area contributed by atoms with Gasteiger partial charge in [0.15, 0.2) is 0 Å². The molecule has 134 valence electrons. The van der Waals surface area contributed by atoms with Crippen LogP contribution in [0.4, 0.5) is 28.0 Å². The summed E-state index contributed by atoms with van der Waals surface area (Å²) in [6.45, 7) is 1.66. The first-order valence-electron chi connectivity index (χ1n) is 7.63. The molecule has 1 N–H and O–H groups in total. The third-order valence-electron chi connectivity index (χ3n) is 3.92. The molecule has 3 nitrogen and oxygen atoms in total. The van der Waals surface area contributed by atoms with Crippen LogP contribution in [-0.4, -0.2) is 24.0 Å². The minimum absolute atomic E-state index is 0.0586. The van der Waals surface area contributed by atoms with Crippen molar-refractivity contribution in [3.63, 3.8) is 0 Å². The number of likely N-dealkylation sites (N-methyl/N-ethyl adjacent to an activating group) is 1. The van der Waals surface area contributed by atoms with Crippen molar-refractivity contribution >= 4 is 11.7 Å². The maximum atomic E-state index is 13.1. The summed E-state index contributed by atoms with van der Waals surface area (Å²) in [5.41, 5.74) is -0.167. The van der Waals surface area contributed by atoms with Gasteiger partial charge in [0.25, 0.3) is 0 Å². The predicted octanol–water partition coefficient (Wildman–Crippen LogP) is 4.94. The molecule has 2 aromatic rings. The number of rotatable bonds is 4. The van der Waals surface area contributed by atoms with Gasteiger partial charge >= 0.3 is 12.2 Å². The molecular formula is C18H18F4N2O. The van der Waals surface area contributed by atoms with E-state index in [-0.39, 0.29) is 12.0 Å². The fourth-order valence-electron chi connectivity index (χ4n) is 2.38. The van der Waals surface area contributed by atoms with Crippen LogP contribution >= 0.6 is 0 Å². The molecule has 0 aliphatic rings. The van der Waals surface area contributed by atoms with E-state index in [1.807, 2.05) is 0 Å². The lowest BCUT2D eigenvalue weighted by atomic mass is 10.00. The summed E-state index contributed by atoms with van der Waals surface area (Å²) in [5, 5.41) is 2.58. The van der Waals surface area contributed by atoms with Gasteiger partial charge in [-0.3, -0.25) is 0 Å². The normalized spacial score (nSPS) is 12.6. The topological polar surface area (TPSA) is 32.3 Å². The van der Waals surface area contributed by atoms with Gasteiger partial charge in [0.2, 0.25) is 0 Å². The molecule has 7 heteroatoms. The first kappa shape index (κ1) is 18.8. The van der Waals surface area contributed by atoms with Gasteiger partial charge in [-0.1, -0.05) is 18.2 Å². The maximum Gasteiger partial charge on any atom is 0.416 e. The number of halogens is 4. The number of carbonyl (C=O) groups excluding carboxylic acids is 1. The molecule has 0 aliphatic carbocycles. The van der Waals surface area contributed by atoms with Crippen LogP contribution in [0, 0.1) is 5.82 Å². The lowest BCUT2D eigenvalue weighted by Crippen LogP contribution is -2.39. The van der Waals surface area contributed by atoms with Crippen molar-refractivity contribution in [1.82, 2.24) is 4.90 Å². The molecule has 2 rings (SSSR count). The summed E-state index contributed by atoms with van der Waals surface area (Å²) in [7, 11) is 1.50. The highest BCUT2D eigenvalue weighted by molar-refractivity contribution is 5.89. The van der Waals surface area contributed by atoms with Crippen LogP contribution in [0.25, 0.3) is 0 Å². The van der Waals surface area contributed by atoms with Crippen LogP contribution in [0.3, 0.4) is 0 Å². The fraction of sp³-hybridized carbons (Fsp3) is 0.278. The summed E-state index contributed by atoms with van der Waals surface area (Å²) < 4.78 is 52.0. The van der Waals surface area contributed by atoms with Crippen molar-refractivity contribution < 1.29 is 22.4 Å². The Morgan fingerprint density at radius 3 is 2.32 bits per heavy atom. The molecule has 0 aliphatic heterocycles. The lowest BCUT2D eigenvalue weighted by Gasteiger charge is -2.26. The molecule has 0 heterocycles. The van der Waals surface area contributed by atoms with Crippen LogP contribution in [0.1, 0.15) is 18.1 Å². The third kappa shape index (κ3) is 4.95. The van der Waals surface area contributed by atoms with Crippen molar-refractivity contribution in [1.29, 1.82) is 0 Å². The zero-order chi connectivity index (χ0) is 18.6. The van der Waals surface area contributed by atoms with Gasteiger partial charge in [0.05, 0.1) is 5.56 Å². The number of benzene rings is 2. The van der Waals surface area contributed by atoms with Crippen molar-refractivity contribution in [2.24, 2.45) is 0 Å². The molecular weight excluding hydrogens is 336 g/mol. The number of alkyl halides is 3. The second-order valence-corrected chi connectivity index (χ2v) is 5.76. The summed E-state index contributed by atoms with van der Waals surface area (Å²) >= 11 is 0. The van der Waals surface area contributed by atoms with E-state index in [1.165, 1.54) is 54.4 Å². The number of carbonyl (C=O) groups is 1. The number of nitrogens with zero attached hydrogens (tertiary/aromatic N) is 1. The van der Waals surface area contributed by atoms with Gasteiger partial charge in [0.1, 0.15) is 5.82 Å². The zero-order valence-corrected chi connectivity index (χ0v) is 13.8. The predicted molar refractivity (Wildman–Crippen MR) is 87.8 cm³/mol. The van der Waals surface area contributed by atoms with Gasteiger partial charge in [-0.15, -0.1) is 0 Å². The molecule has 0 saturated carbocycles. The summed E-state index contributed by atoms with van der Waals surface area (Å²) in [5.74, 6) is -0.427. The quantitative estimate of drug-likeness (QED) is 0.775. The second-order valence-electron chi connectivity index (χ2n) is 5.76. The number of hydrogen-bond donors (Lipinski definition) is 1. The Bertz CT molecular complexity index is 729. The van der Waals surface area contributed by atoms with Crippen LogP contribution in [0.5, 0.6) is 0 Å². The SMILES string of the molecule is CC(Cc1ccccc1C(F)(F)F)N(C)C(=O)Nc1ccc(F)cc1. The number of hydrogen-bond acceptors (Lipinski definition) is 1. The highest BCUT2D eigenvalue weighted by atomic mass is 19.4. The van der Waals surface area contributed by atoms with Gasteiger partial charge in [-0.05, 0) is 49.2 Å². The van der Waals surface area contributed by atoms with Gasteiger partial charge in [0, 0.05) is 18.8 Å². The van der Waals surface area contributed by atoms with Gasteiger partial charge in [-0.25, -0.2) is 9.18 Å². The largest absolute Gasteiger partial charge is 0.416 e. The minimum atomic E-state index is -4.44. The monoisotopic (exact) mass is 354 g/mol. The fourth-order valence-corrected chi connectivity index (χ4v) is 2.38. The Hall–Kier alpha value is -2.57. The van der Waals surface area contributed by atoms with Crippen LogP contribution in [-0.2, 0) is 12.6 Å². The van der Waals surface area contributed by atoms with E-state index in [9.17, 15) is 22.4 Å². The Kier molecular flexibility index (Phi) is 5.66. The third-order valence-corrected chi connectivity index (χ3v) is 3.92. The summed E-state index contributed by atoms with van der Waals surface area (Å²) in [6, 6.07) is 9.59. The second kappa shape index (κ2) is 7.55. The average Bonchev–Trinajstić information content (AvgIpc) is 2.55. The van der Waals surface area contributed by atoms with E-state index in [4.69, 9.17) is 0 Å². The van der Waals surface area contributed by atoms with Crippen molar-refractivity contribution in [2.45, 2.75) is 25.6 Å². The Balaban J connectivity index is 2.06. The maximum absolute atomic E-state index is 13.1. The van der Waals surface area contributed by atoms with Crippen LogP contribution in [0.2, 0.25) is 0 Å². The number of urea groups is 1. The van der Waals surface area contributed by atoms with Crippen molar-refractivity contribution in [3.05, 3.63) is 65.5 Å². The van der Waals surface area contributed by atoms with E-state index in [1.54, 1.807) is 6.92 Å². The Morgan fingerprint density at radius 1 is 1.12 bits per heavy atom. The van der Waals surface area contributed by atoms with Crippen LogP contribution in [0.15, 0.2) is 48.5 Å². The molecule has 1 atom stereocenters.